The van der Waals surface area contributed by atoms with E-state index >= 15 is 0 Å². The van der Waals surface area contributed by atoms with Gasteiger partial charge in [0.1, 0.15) is 0 Å². The maximum absolute atomic E-state index is 12.3. The Morgan fingerprint density at radius 2 is 2.29 bits per heavy atom. The molecule has 0 spiro atoms. The van der Waals surface area contributed by atoms with E-state index in [9.17, 15) is 4.79 Å². The van der Waals surface area contributed by atoms with E-state index in [-0.39, 0.29) is 5.91 Å². The second kappa shape index (κ2) is 5.85. The van der Waals surface area contributed by atoms with Gasteiger partial charge in [-0.25, -0.2) is 4.68 Å². The summed E-state index contributed by atoms with van der Waals surface area (Å²) in [5, 5.41) is 12.4. The molecule has 0 aliphatic heterocycles. The molecule has 1 amide bonds. The Morgan fingerprint density at radius 1 is 1.48 bits per heavy atom. The fourth-order valence-electron chi connectivity index (χ4n) is 2.03. The van der Waals surface area contributed by atoms with Crippen LogP contribution in [0.3, 0.4) is 0 Å². The van der Waals surface area contributed by atoms with Crippen molar-refractivity contribution in [2.24, 2.45) is 0 Å². The molecule has 0 unspecified atom stereocenters. The number of tetrazole rings is 1. The van der Waals surface area contributed by atoms with Crippen molar-refractivity contribution in [1.29, 1.82) is 0 Å². The Hall–Kier alpha value is -1.89. The molecule has 1 fully saturated rings. The van der Waals surface area contributed by atoms with E-state index in [1.165, 1.54) is 11.8 Å². The van der Waals surface area contributed by atoms with Crippen LogP contribution in [0, 0.1) is 6.92 Å². The van der Waals surface area contributed by atoms with E-state index in [1.807, 2.05) is 35.9 Å². The van der Waals surface area contributed by atoms with Crippen LogP contribution in [0.2, 0.25) is 0 Å². The molecule has 0 N–H and O–H groups in total. The van der Waals surface area contributed by atoms with Gasteiger partial charge >= 0.3 is 0 Å². The highest BCUT2D eigenvalue weighted by Gasteiger charge is 2.28. The second-order valence-electron chi connectivity index (χ2n) is 5.22. The minimum atomic E-state index is 0.0379. The Labute approximate surface area is 127 Å². The molecule has 1 aromatic carbocycles. The molecule has 7 heteroatoms. The summed E-state index contributed by atoms with van der Waals surface area (Å²) in [6.07, 6.45) is 2.24. The maximum Gasteiger partial charge on any atom is 0.237 e. The molecule has 0 bridgehead atoms. The number of hydrogen-bond donors (Lipinski definition) is 0. The predicted octanol–water partition coefficient (Wildman–Crippen LogP) is 2.07. The van der Waals surface area contributed by atoms with E-state index < -0.39 is 0 Å². The van der Waals surface area contributed by atoms with Gasteiger partial charge < -0.3 is 4.90 Å². The summed E-state index contributed by atoms with van der Waals surface area (Å²) >= 11 is 1.39. The number of nitrogens with zero attached hydrogens (tertiary/aromatic N) is 5. The first-order valence-corrected chi connectivity index (χ1v) is 7.87. The zero-order chi connectivity index (χ0) is 14.8. The van der Waals surface area contributed by atoms with Crippen LogP contribution in [0.4, 0.5) is 5.69 Å². The molecule has 21 heavy (non-hydrogen) atoms. The van der Waals surface area contributed by atoms with Crippen LogP contribution in [0.1, 0.15) is 24.4 Å². The lowest BCUT2D eigenvalue weighted by Gasteiger charge is -2.17. The Kier molecular flexibility index (Phi) is 3.92. The van der Waals surface area contributed by atoms with E-state index in [4.69, 9.17) is 0 Å². The topological polar surface area (TPSA) is 63.9 Å². The number of aryl methyl sites for hydroxylation is 1. The summed E-state index contributed by atoms with van der Waals surface area (Å²) in [5.41, 5.74) is 2.04. The second-order valence-corrected chi connectivity index (χ2v) is 6.16. The normalized spacial score (nSPS) is 14.2. The number of aromatic nitrogens is 4. The number of hydrogen-bond acceptors (Lipinski definition) is 5. The molecule has 0 radical (unpaired) electrons. The molecule has 1 aromatic heterocycles. The van der Waals surface area contributed by atoms with Gasteiger partial charge in [-0.05, 0) is 47.9 Å². The number of rotatable bonds is 5. The van der Waals surface area contributed by atoms with Crippen molar-refractivity contribution in [2.75, 3.05) is 17.7 Å². The van der Waals surface area contributed by atoms with Crippen LogP contribution in [0.25, 0.3) is 0 Å². The van der Waals surface area contributed by atoms with Crippen LogP contribution in [0.15, 0.2) is 29.4 Å². The summed E-state index contributed by atoms with van der Waals surface area (Å²) in [6.45, 7) is 2.01. The molecule has 1 aliphatic rings. The quantitative estimate of drug-likeness (QED) is 0.791. The first-order chi connectivity index (χ1) is 10.1. The van der Waals surface area contributed by atoms with Crippen LogP contribution < -0.4 is 4.90 Å². The smallest absolute Gasteiger partial charge is 0.237 e. The first-order valence-electron chi connectivity index (χ1n) is 6.89. The molecule has 1 aliphatic carbocycles. The fourth-order valence-corrected chi connectivity index (χ4v) is 2.89. The molecule has 0 saturated heterocycles. The fraction of sp³-hybridized carbons (Fsp3) is 0.429. The lowest BCUT2D eigenvalue weighted by molar-refractivity contribution is -0.115. The lowest BCUT2D eigenvalue weighted by Crippen LogP contribution is -2.28. The van der Waals surface area contributed by atoms with Crippen LogP contribution in [-0.4, -0.2) is 38.9 Å². The third kappa shape index (κ3) is 3.24. The van der Waals surface area contributed by atoms with E-state index in [0.717, 1.165) is 29.2 Å². The summed E-state index contributed by atoms with van der Waals surface area (Å²) < 4.78 is 1.82. The third-order valence-corrected chi connectivity index (χ3v) is 4.36. The van der Waals surface area contributed by atoms with Crippen molar-refractivity contribution in [3.8, 4) is 0 Å². The Morgan fingerprint density at radius 3 is 3.00 bits per heavy atom. The molecule has 1 heterocycles. The monoisotopic (exact) mass is 303 g/mol. The zero-order valence-corrected chi connectivity index (χ0v) is 12.9. The standard InChI is InChI=1S/C14H17N5OS/c1-10-4-3-5-12(8-10)18(2)13(20)9-21-14-15-16-17-19(14)11-6-7-11/h3-5,8,11H,6-7,9H2,1-2H3. The number of anilines is 1. The third-order valence-electron chi connectivity index (χ3n) is 3.44. The predicted molar refractivity (Wildman–Crippen MR) is 81.4 cm³/mol. The number of thioether (sulfide) groups is 1. The molecular formula is C14H17N5OS. The zero-order valence-electron chi connectivity index (χ0n) is 12.1. The van der Waals surface area contributed by atoms with E-state index in [1.54, 1.807) is 11.9 Å². The Balaban J connectivity index is 1.62. The maximum atomic E-state index is 12.3. The van der Waals surface area contributed by atoms with Gasteiger partial charge in [-0.15, -0.1) is 5.10 Å². The molecule has 110 valence electrons. The highest BCUT2D eigenvalue weighted by molar-refractivity contribution is 7.99. The van der Waals surface area contributed by atoms with Gasteiger partial charge in [0.15, 0.2) is 0 Å². The van der Waals surface area contributed by atoms with E-state index in [2.05, 4.69) is 15.5 Å². The van der Waals surface area contributed by atoms with Gasteiger partial charge in [-0.2, -0.15) is 0 Å². The van der Waals surface area contributed by atoms with Crippen molar-refractivity contribution in [3.05, 3.63) is 29.8 Å². The molecule has 2 aromatic rings. The molecule has 3 rings (SSSR count). The van der Waals surface area contributed by atoms with Gasteiger partial charge in [0.25, 0.3) is 0 Å². The number of amides is 1. The minimum absolute atomic E-state index is 0.0379. The highest BCUT2D eigenvalue weighted by atomic mass is 32.2. The number of carbonyl (C=O) groups is 1. The van der Waals surface area contributed by atoms with Gasteiger partial charge in [0.05, 0.1) is 11.8 Å². The molecular weight excluding hydrogens is 286 g/mol. The van der Waals surface area contributed by atoms with Crippen molar-refractivity contribution in [3.63, 3.8) is 0 Å². The van der Waals surface area contributed by atoms with Gasteiger partial charge in [0.2, 0.25) is 11.1 Å². The number of carbonyl (C=O) groups excluding carboxylic acids is 1. The van der Waals surface area contributed by atoms with Crippen molar-refractivity contribution in [1.82, 2.24) is 20.2 Å². The van der Waals surface area contributed by atoms with Crippen LogP contribution in [-0.2, 0) is 4.79 Å². The molecule has 0 atom stereocenters. The minimum Gasteiger partial charge on any atom is -0.315 e. The average Bonchev–Trinajstić information content (AvgIpc) is 3.22. The number of benzene rings is 1. The van der Waals surface area contributed by atoms with Crippen LogP contribution in [0.5, 0.6) is 0 Å². The highest BCUT2D eigenvalue weighted by Crippen LogP contribution is 2.36. The van der Waals surface area contributed by atoms with Crippen LogP contribution >= 0.6 is 11.8 Å². The summed E-state index contributed by atoms with van der Waals surface area (Å²) in [5.74, 6) is 0.369. The summed E-state index contributed by atoms with van der Waals surface area (Å²) in [4.78, 5) is 13.9. The van der Waals surface area contributed by atoms with Gasteiger partial charge in [-0.3, -0.25) is 4.79 Å². The Bertz CT molecular complexity index is 652. The summed E-state index contributed by atoms with van der Waals surface area (Å²) in [7, 11) is 1.79. The average molecular weight is 303 g/mol. The lowest BCUT2D eigenvalue weighted by atomic mass is 10.2. The van der Waals surface area contributed by atoms with Crippen molar-refractivity contribution in [2.45, 2.75) is 31.0 Å². The van der Waals surface area contributed by atoms with Crippen molar-refractivity contribution < 1.29 is 4.79 Å². The van der Waals surface area contributed by atoms with Gasteiger partial charge in [0, 0.05) is 12.7 Å². The SMILES string of the molecule is Cc1cccc(N(C)C(=O)CSc2nnnn2C2CC2)c1. The van der Waals surface area contributed by atoms with E-state index in [0.29, 0.717) is 11.8 Å². The summed E-state index contributed by atoms with van der Waals surface area (Å²) in [6, 6.07) is 8.32. The van der Waals surface area contributed by atoms with Gasteiger partial charge in [-0.1, -0.05) is 23.9 Å². The first kappa shape index (κ1) is 14.1. The molecule has 1 saturated carbocycles. The largest absolute Gasteiger partial charge is 0.315 e. The molecule has 6 nitrogen and oxygen atoms in total. The van der Waals surface area contributed by atoms with Crippen molar-refractivity contribution >= 4 is 23.4 Å².